The van der Waals surface area contributed by atoms with E-state index in [-0.39, 0.29) is 12.4 Å². The molecule has 2 N–H and O–H groups in total. The first-order chi connectivity index (χ1) is 9.47. The lowest BCUT2D eigenvalue weighted by Gasteiger charge is -2.07. The molecule has 0 fully saturated rings. The summed E-state index contributed by atoms with van der Waals surface area (Å²) in [5.74, 6) is 0.0887. The van der Waals surface area contributed by atoms with Gasteiger partial charge in [0.2, 0.25) is 0 Å². The fourth-order valence-electron chi connectivity index (χ4n) is 1.41. The Kier molecular flexibility index (Phi) is 7.03. The van der Waals surface area contributed by atoms with Gasteiger partial charge in [0.25, 0.3) is 0 Å². The lowest BCUT2D eigenvalue weighted by atomic mass is 10.2. The molecule has 0 heterocycles. The van der Waals surface area contributed by atoms with Gasteiger partial charge in [0.1, 0.15) is 16.4 Å². The summed E-state index contributed by atoms with van der Waals surface area (Å²) in [6.45, 7) is 1.49. The molecule has 1 aromatic carbocycles. The SMILES string of the molecule is CS(=O)(=O)CCNCCNC(=O)OCc1ccccc1. The van der Waals surface area contributed by atoms with Crippen LogP contribution in [0.25, 0.3) is 0 Å². The monoisotopic (exact) mass is 300 g/mol. The van der Waals surface area contributed by atoms with Crippen LogP contribution in [0.4, 0.5) is 4.79 Å². The van der Waals surface area contributed by atoms with Crippen LogP contribution in [-0.4, -0.2) is 46.2 Å². The van der Waals surface area contributed by atoms with Gasteiger partial charge in [0.15, 0.2) is 0 Å². The maximum absolute atomic E-state index is 11.4. The standard InChI is InChI=1S/C13H20N2O4S/c1-20(17,18)10-9-14-7-8-15-13(16)19-11-12-5-3-2-4-6-12/h2-6,14H,7-11H2,1H3,(H,15,16). The van der Waals surface area contributed by atoms with Gasteiger partial charge in [-0.05, 0) is 5.56 Å². The van der Waals surface area contributed by atoms with Gasteiger partial charge in [0.05, 0.1) is 5.75 Å². The van der Waals surface area contributed by atoms with Crippen molar-refractivity contribution in [2.45, 2.75) is 6.61 Å². The van der Waals surface area contributed by atoms with Crippen LogP contribution in [0.3, 0.4) is 0 Å². The quantitative estimate of drug-likeness (QED) is 0.685. The molecule has 0 saturated heterocycles. The minimum atomic E-state index is -2.94. The van der Waals surface area contributed by atoms with Crippen LogP contribution >= 0.6 is 0 Å². The molecular formula is C13H20N2O4S. The molecule has 112 valence electrons. The van der Waals surface area contributed by atoms with E-state index in [4.69, 9.17) is 4.74 Å². The van der Waals surface area contributed by atoms with Gasteiger partial charge in [-0.3, -0.25) is 0 Å². The molecule has 0 atom stereocenters. The van der Waals surface area contributed by atoms with E-state index in [0.29, 0.717) is 19.6 Å². The van der Waals surface area contributed by atoms with Crippen molar-refractivity contribution in [2.75, 3.05) is 31.6 Å². The summed E-state index contributed by atoms with van der Waals surface area (Å²) >= 11 is 0. The first-order valence-electron chi connectivity index (χ1n) is 6.30. The zero-order valence-electron chi connectivity index (χ0n) is 11.5. The van der Waals surface area contributed by atoms with Gasteiger partial charge in [0, 0.05) is 25.9 Å². The van der Waals surface area contributed by atoms with Crippen LogP contribution in [0.2, 0.25) is 0 Å². The molecule has 0 aliphatic heterocycles. The molecule has 6 nitrogen and oxygen atoms in total. The van der Waals surface area contributed by atoms with Gasteiger partial charge in [-0.1, -0.05) is 30.3 Å². The smallest absolute Gasteiger partial charge is 0.407 e. The highest BCUT2D eigenvalue weighted by Gasteiger charge is 2.02. The summed E-state index contributed by atoms with van der Waals surface area (Å²) in [7, 11) is -2.94. The number of carbonyl (C=O) groups is 1. The van der Waals surface area contributed by atoms with E-state index in [9.17, 15) is 13.2 Å². The molecule has 0 aromatic heterocycles. The highest BCUT2D eigenvalue weighted by molar-refractivity contribution is 7.90. The number of carbonyl (C=O) groups excluding carboxylic acids is 1. The van der Waals surface area contributed by atoms with Gasteiger partial charge in [-0.25, -0.2) is 13.2 Å². The Morgan fingerprint density at radius 3 is 2.50 bits per heavy atom. The lowest BCUT2D eigenvalue weighted by molar-refractivity contribution is 0.139. The molecule has 0 spiro atoms. The Morgan fingerprint density at radius 1 is 1.15 bits per heavy atom. The van der Waals surface area contributed by atoms with Crippen LogP contribution in [0.1, 0.15) is 5.56 Å². The summed E-state index contributed by atoms with van der Waals surface area (Å²) in [4.78, 5) is 11.4. The van der Waals surface area contributed by atoms with E-state index in [1.165, 1.54) is 6.26 Å². The third kappa shape index (κ3) is 8.49. The minimum absolute atomic E-state index is 0.0887. The number of nitrogens with one attached hydrogen (secondary N) is 2. The highest BCUT2D eigenvalue weighted by atomic mass is 32.2. The molecule has 0 aliphatic rings. The molecule has 0 bridgehead atoms. The van der Waals surface area contributed by atoms with E-state index in [2.05, 4.69) is 10.6 Å². The number of amides is 1. The van der Waals surface area contributed by atoms with Gasteiger partial charge in [-0.15, -0.1) is 0 Å². The van der Waals surface area contributed by atoms with Gasteiger partial charge < -0.3 is 15.4 Å². The van der Waals surface area contributed by atoms with Gasteiger partial charge >= 0.3 is 6.09 Å². The minimum Gasteiger partial charge on any atom is -0.445 e. The van der Waals surface area contributed by atoms with Crippen molar-refractivity contribution >= 4 is 15.9 Å². The summed E-state index contributed by atoms with van der Waals surface area (Å²) in [6.07, 6.45) is 0.701. The molecule has 0 unspecified atom stereocenters. The van der Waals surface area contributed by atoms with Crippen LogP contribution in [-0.2, 0) is 21.2 Å². The third-order valence-corrected chi connectivity index (χ3v) is 3.38. The second-order valence-corrected chi connectivity index (χ2v) is 6.63. The van der Waals surface area contributed by atoms with Crippen molar-refractivity contribution < 1.29 is 17.9 Å². The number of benzene rings is 1. The van der Waals surface area contributed by atoms with E-state index < -0.39 is 15.9 Å². The lowest BCUT2D eigenvalue weighted by Crippen LogP contribution is -2.33. The second kappa shape index (κ2) is 8.55. The number of ether oxygens (including phenoxy) is 1. The molecule has 1 amide bonds. The first kappa shape index (κ1) is 16.5. The number of hydrogen-bond donors (Lipinski definition) is 2. The van der Waals surface area contributed by atoms with Crippen molar-refractivity contribution in [1.82, 2.24) is 10.6 Å². The predicted octanol–water partition coefficient (Wildman–Crippen LogP) is 0.547. The van der Waals surface area contributed by atoms with E-state index in [0.717, 1.165) is 5.56 Å². The summed E-state index contributed by atoms with van der Waals surface area (Å²) in [5, 5.41) is 5.50. The average Bonchev–Trinajstić information content (AvgIpc) is 2.40. The predicted molar refractivity (Wildman–Crippen MR) is 77.2 cm³/mol. The Hall–Kier alpha value is -1.60. The average molecular weight is 300 g/mol. The molecule has 20 heavy (non-hydrogen) atoms. The van der Waals surface area contributed by atoms with Crippen LogP contribution in [0.15, 0.2) is 30.3 Å². The number of sulfone groups is 1. The zero-order valence-corrected chi connectivity index (χ0v) is 12.3. The molecule has 7 heteroatoms. The molecule has 1 rings (SSSR count). The van der Waals surface area contributed by atoms with E-state index in [1.807, 2.05) is 30.3 Å². The van der Waals surface area contributed by atoms with Crippen LogP contribution < -0.4 is 10.6 Å². The first-order valence-corrected chi connectivity index (χ1v) is 8.36. The number of rotatable bonds is 8. The number of hydrogen-bond acceptors (Lipinski definition) is 5. The largest absolute Gasteiger partial charge is 0.445 e. The van der Waals surface area contributed by atoms with Crippen LogP contribution in [0.5, 0.6) is 0 Å². The Labute approximate surface area is 119 Å². The number of alkyl carbamates (subject to hydrolysis) is 1. The maximum Gasteiger partial charge on any atom is 0.407 e. The van der Waals surface area contributed by atoms with Crippen molar-refractivity contribution in [1.29, 1.82) is 0 Å². The van der Waals surface area contributed by atoms with E-state index in [1.54, 1.807) is 0 Å². The Balaban J connectivity index is 2.03. The van der Waals surface area contributed by atoms with Crippen molar-refractivity contribution in [3.63, 3.8) is 0 Å². The summed E-state index contributed by atoms with van der Waals surface area (Å²) < 4.78 is 26.7. The topological polar surface area (TPSA) is 84.5 Å². The molecule has 0 saturated carbocycles. The van der Waals surface area contributed by atoms with Crippen LogP contribution in [0, 0.1) is 0 Å². The Bertz CT molecular complexity index is 502. The zero-order chi connectivity index (χ0) is 14.8. The fraction of sp³-hybridized carbons (Fsp3) is 0.462. The third-order valence-electron chi connectivity index (χ3n) is 2.43. The van der Waals surface area contributed by atoms with Crippen molar-refractivity contribution in [2.24, 2.45) is 0 Å². The maximum atomic E-state index is 11.4. The molecule has 1 aromatic rings. The normalized spacial score (nSPS) is 11.1. The molecule has 0 aliphatic carbocycles. The molecule has 0 radical (unpaired) electrons. The van der Waals surface area contributed by atoms with Gasteiger partial charge in [-0.2, -0.15) is 0 Å². The summed E-state index contributed by atoms with van der Waals surface area (Å²) in [5.41, 5.74) is 0.925. The van der Waals surface area contributed by atoms with Crippen molar-refractivity contribution in [3.05, 3.63) is 35.9 Å². The van der Waals surface area contributed by atoms with Crippen molar-refractivity contribution in [3.8, 4) is 0 Å². The molecular weight excluding hydrogens is 280 g/mol. The van der Waals surface area contributed by atoms with E-state index >= 15 is 0 Å². The second-order valence-electron chi connectivity index (χ2n) is 4.37. The highest BCUT2D eigenvalue weighted by Crippen LogP contribution is 2.00. The summed E-state index contributed by atoms with van der Waals surface area (Å²) in [6, 6.07) is 9.40. The Morgan fingerprint density at radius 2 is 1.85 bits per heavy atom. The fourth-order valence-corrected chi connectivity index (χ4v) is 1.92.